The number of carbonyl (C=O) groups excluding carboxylic acids is 1. The van der Waals surface area contributed by atoms with Crippen molar-refractivity contribution in [2.75, 3.05) is 13.1 Å². The first-order valence-corrected chi connectivity index (χ1v) is 8.91. The molecule has 6 nitrogen and oxygen atoms in total. The standard InChI is InChI=1S/C20H22N4O2.2ClH/c25-20(22-15-10-11-21-12-15)13-24-18-9-5-4-8-17(18)23-19(24)14-26-16-6-2-1-3-7-16;;/h1-9,15,21H,10-14H2,(H,22,25);2*1H. The zero-order valence-corrected chi connectivity index (χ0v) is 17.0. The number of imidazole rings is 1. The summed E-state index contributed by atoms with van der Waals surface area (Å²) in [6.07, 6.45) is 0.973. The number of nitrogens with zero attached hydrogens (tertiary/aromatic N) is 2. The van der Waals surface area contributed by atoms with Gasteiger partial charge in [-0.1, -0.05) is 30.3 Å². The Balaban J connectivity index is 0.00000140. The summed E-state index contributed by atoms with van der Waals surface area (Å²) in [6.45, 7) is 2.34. The molecule has 1 aliphatic heterocycles. The van der Waals surface area contributed by atoms with Crippen LogP contribution in [-0.4, -0.2) is 34.6 Å². The van der Waals surface area contributed by atoms with Gasteiger partial charge in [-0.3, -0.25) is 4.79 Å². The minimum atomic E-state index is 0. The van der Waals surface area contributed by atoms with E-state index in [0.717, 1.165) is 42.1 Å². The summed E-state index contributed by atoms with van der Waals surface area (Å²) in [7, 11) is 0. The summed E-state index contributed by atoms with van der Waals surface area (Å²) in [4.78, 5) is 17.2. The molecule has 1 amide bonds. The first kappa shape index (κ1) is 22.0. The molecule has 28 heavy (non-hydrogen) atoms. The maximum Gasteiger partial charge on any atom is 0.240 e. The van der Waals surface area contributed by atoms with Gasteiger partial charge in [0.2, 0.25) is 5.91 Å². The van der Waals surface area contributed by atoms with E-state index in [4.69, 9.17) is 4.74 Å². The van der Waals surface area contributed by atoms with Crippen LogP contribution < -0.4 is 15.4 Å². The van der Waals surface area contributed by atoms with Crippen molar-refractivity contribution < 1.29 is 9.53 Å². The lowest BCUT2D eigenvalue weighted by Crippen LogP contribution is -2.38. The van der Waals surface area contributed by atoms with Crippen LogP contribution in [0.25, 0.3) is 11.0 Å². The molecule has 8 heteroatoms. The number of carbonyl (C=O) groups is 1. The quantitative estimate of drug-likeness (QED) is 0.640. The van der Waals surface area contributed by atoms with E-state index in [1.54, 1.807) is 0 Å². The number of amides is 1. The maximum atomic E-state index is 12.5. The average molecular weight is 423 g/mol. The van der Waals surface area contributed by atoms with Crippen LogP contribution in [0.2, 0.25) is 0 Å². The minimum Gasteiger partial charge on any atom is -0.486 e. The van der Waals surface area contributed by atoms with E-state index >= 15 is 0 Å². The Morgan fingerprint density at radius 1 is 1.14 bits per heavy atom. The lowest BCUT2D eigenvalue weighted by atomic mass is 10.2. The van der Waals surface area contributed by atoms with Gasteiger partial charge in [-0.25, -0.2) is 4.98 Å². The Kier molecular flexibility index (Phi) is 8.11. The summed E-state index contributed by atoms with van der Waals surface area (Å²) in [6, 6.07) is 17.7. The van der Waals surface area contributed by atoms with Gasteiger partial charge in [-0.15, -0.1) is 24.8 Å². The molecule has 1 atom stereocenters. The SMILES string of the molecule is Cl.Cl.O=C(Cn1c(COc2ccccc2)nc2ccccc21)NC1CCNC1. The van der Waals surface area contributed by atoms with Crippen LogP contribution in [0.3, 0.4) is 0 Å². The number of benzene rings is 2. The predicted molar refractivity (Wildman–Crippen MR) is 114 cm³/mol. The van der Waals surface area contributed by atoms with Crippen LogP contribution in [0.1, 0.15) is 12.2 Å². The Bertz CT molecular complexity index is 896. The number of ether oxygens (including phenoxy) is 1. The smallest absolute Gasteiger partial charge is 0.240 e. The van der Waals surface area contributed by atoms with Gasteiger partial charge in [0.05, 0.1) is 11.0 Å². The highest BCUT2D eigenvalue weighted by molar-refractivity contribution is 5.85. The van der Waals surface area contributed by atoms with Crippen LogP contribution >= 0.6 is 24.8 Å². The predicted octanol–water partition coefficient (Wildman–Crippen LogP) is 2.94. The first-order chi connectivity index (χ1) is 12.8. The third-order valence-electron chi connectivity index (χ3n) is 4.57. The van der Waals surface area contributed by atoms with Crippen molar-refractivity contribution in [2.24, 2.45) is 0 Å². The zero-order chi connectivity index (χ0) is 17.8. The fraction of sp³-hybridized carbons (Fsp3) is 0.300. The second-order valence-electron chi connectivity index (χ2n) is 6.46. The van der Waals surface area contributed by atoms with Crippen LogP contribution in [0.4, 0.5) is 0 Å². The van der Waals surface area contributed by atoms with Crippen molar-refractivity contribution in [1.82, 2.24) is 20.2 Å². The molecule has 0 saturated carbocycles. The first-order valence-electron chi connectivity index (χ1n) is 8.91. The number of fused-ring (bicyclic) bond motifs is 1. The van der Waals surface area contributed by atoms with Gasteiger partial charge in [0.15, 0.2) is 0 Å². The molecular weight excluding hydrogens is 399 g/mol. The van der Waals surface area contributed by atoms with Crippen molar-refractivity contribution in [3.05, 3.63) is 60.4 Å². The van der Waals surface area contributed by atoms with Gasteiger partial charge in [0.25, 0.3) is 0 Å². The van der Waals surface area contributed by atoms with Crippen molar-refractivity contribution in [3.8, 4) is 5.75 Å². The van der Waals surface area contributed by atoms with E-state index < -0.39 is 0 Å². The molecule has 1 aromatic heterocycles. The molecule has 150 valence electrons. The van der Waals surface area contributed by atoms with Crippen LogP contribution in [0.5, 0.6) is 5.75 Å². The molecule has 0 spiro atoms. The molecule has 1 fully saturated rings. The van der Waals surface area contributed by atoms with E-state index in [1.165, 1.54) is 0 Å². The highest BCUT2D eigenvalue weighted by atomic mass is 35.5. The number of hydrogen-bond donors (Lipinski definition) is 2. The lowest BCUT2D eigenvalue weighted by molar-refractivity contribution is -0.122. The number of hydrogen-bond acceptors (Lipinski definition) is 4. The molecule has 2 aromatic carbocycles. The summed E-state index contributed by atoms with van der Waals surface area (Å²) < 4.78 is 7.79. The minimum absolute atomic E-state index is 0. The average Bonchev–Trinajstić information content (AvgIpc) is 3.29. The Labute approximate surface area is 176 Å². The monoisotopic (exact) mass is 422 g/mol. The molecular formula is C20H24Cl2N4O2. The van der Waals surface area contributed by atoms with Gasteiger partial charge in [0, 0.05) is 12.6 Å². The molecule has 2 N–H and O–H groups in total. The third kappa shape index (κ3) is 5.16. The molecule has 1 saturated heterocycles. The van der Waals surface area contributed by atoms with Gasteiger partial charge in [0.1, 0.15) is 24.7 Å². The largest absolute Gasteiger partial charge is 0.486 e. The third-order valence-corrected chi connectivity index (χ3v) is 4.57. The van der Waals surface area contributed by atoms with Crippen LogP contribution in [0, 0.1) is 0 Å². The number of aromatic nitrogens is 2. The van der Waals surface area contributed by atoms with Crippen molar-refractivity contribution >= 4 is 41.8 Å². The summed E-state index contributed by atoms with van der Waals surface area (Å²) >= 11 is 0. The van der Waals surface area contributed by atoms with Crippen molar-refractivity contribution in [1.29, 1.82) is 0 Å². The number of nitrogens with one attached hydrogen (secondary N) is 2. The number of halogens is 2. The van der Waals surface area contributed by atoms with Crippen LogP contribution in [-0.2, 0) is 17.9 Å². The molecule has 4 rings (SSSR count). The molecule has 0 radical (unpaired) electrons. The molecule has 3 aromatic rings. The van der Waals surface area contributed by atoms with E-state index in [-0.39, 0.29) is 43.3 Å². The van der Waals surface area contributed by atoms with E-state index in [2.05, 4.69) is 15.6 Å². The molecule has 1 aliphatic rings. The molecule has 1 unspecified atom stereocenters. The van der Waals surface area contributed by atoms with E-state index in [9.17, 15) is 4.79 Å². The van der Waals surface area contributed by atoms with Crippen molar-refractivity contribution in [2.45, 2.75) is 25.6 Å². The Morgan fingerprint density at radius 2 is 1.89 bits per heavy atom. The normalized spacial score (nSPS) is 15.5. The highest BCUT2D eigenvalue weighted by Gasteiger charge is 2.19. The molecule has 0 bridgehead atoms. The van der Waals surface area contributed by atoms with Gasteiger partial charge >= 0.3 is 0 Å². The van der Waals surface area contributed by atoms with Crippen LogP contribution in [0.15, 0.2) is 54.6 Å². The second-order valence-corrected chi connectivity index (χ2v) is 6.46. The lowest BCUT2D eigenvalue weighted by Gasteiger charge is -2.14. The molecule has 2 heterocycles. The van der Waals surface area contributed by atoms with Gasteiger partial charge in [-0.05, 0) is 37.2 Å². The molecule has 0 aliphatic carbocycles. The summed E-state index contributed by atoms with van der Waals surface area (Å²) in [5, 5.41) is 6.35. The second kappa shape index (κ2) is 10.3. The highest BCUT2D eigenvalue weighted by Crippen LogP contribution is 2.18. The Hall–Kier alpha value is -2.28. The number of para-hydroxylation sites is 3. The van der Waals surface area contributed by atoms with Gasteiger partial charge in [-0.2, -0.15) is 0 Å². The maximum absolute atomic E-state index is 12.5. The zero-order valence-electron chi connectivity index (χ0n) is 15.3. The Morgan fingerprint density at radius 3 is 2.64 bits per heavy atom. The fourth-order valence-corrected chi connectivity index (χ4v) is 3.27. The van der Waals surface area contributed by atoms with E-state index in [1.807, 2.05) is 59.2 Å². The summed E-state index contributed by atoms with van der Waals surface area (Å²) in [5.41, 5.74) is 1.81. The fourth-order valence-electron chi connectivity index (χ4n) is 3.27. The van der Waals surface area contributed by atoms with Crippen molar-refractivity contribution in [3.63, 3.8) is 0 Å². The van der Waals surface area contributed by atoms with E-state index in [0.29, 0.717) is 6.61 Å². The summed E-state index contributed by atoms with van der Waals surface area (Å²) in [5.74, 6) is 1.53. The van der Waals surface area contributed by atoms with Gasteiger partial charge < -0.3 is 19.9 Å². The number of rotatable bonds is 6. The topological polar surface area (TPSA) is 68.2 Å².